The molecule has 1 aromatic carbocycles. The Balaban J connectivity index is 1.72. The molecule has 0 spiro atoms. The minimum Gasteiger partial charge on any atom is -0.327 e. The molecule has 0 saturated carbocycles. The lowest BCUT2D eigenvalue weighted by molar-refractivity contribution is -0.119. The van der Waals surface area contributed by atoms with Gasteiger partial charge in [0.15, 0.2) is 0 Å². The summed E-state index contributed by atoms with van der Waals surface area (Å²) >= 11 is 1.32. The maximum atomic E-state index is 13.3. The monoisotopic (exact) mass is 348 g/mol. The number of halogens is 1. The first-order chi connectivity index (χ1) is 11.6. The molecule has 8 heteroatoms. The van der Waals surface area contributed by atoms with Gasteiger partial charge in [0.1, 0.15) is 16.9 Å². The number of hydrogen-bond donors (Lipinski definition) is 1. The Morgan fingerprint density at radius 2 is 2.25 bits per heavy atom. The Morgan fingerprint density at radius 3 is 2.96 bits per heavy atom. The molecule has 1 fully saturated rings. The molecule has 24 heavy (non-hydrogen) atoms. The average molecular weight is 348 g/mol. The third-order valence-corrected chi connectivity index (χ3v) is 4.87. The fourth-order valence-corrected chi connectivity index (χ4v) is 3.39. The maximum absolute atomic E-state index is 13.3. The second kappa shape index (κ2) is 7.04. The first-order valence-electron chi connectivity index (χ1n) is 7.78. The van der Waals surface area contributed by atoms with Crippen LogP contribution in [0.4, 0.5) is 9.52 Å². The van der Waals surface area contributed by atoms with Crippen LogP contribution in [0.15, 0.2) is 24.3 Å². The summed E-state index contributed by atoms with van der Waals surface area (Å²) in [6, 6.07) is 4.94. The molecule has 1 aromatic heterocycles. The zero-order chi connectivity index (χ0) is 17.1. The van der Waals surface area contributed by atoms with Crippen molar-refractivity contribution in [1.82, 2.24) is 15.1 Å². The molecule has 1 N–H and O–H groups in total. The van der Waals surface area contributed by atoms with Crippen LogP contribution in [-0.2, 0) is 11.2 Å². The van der Waals surface area contributed by atoms with E-state index in [-0.39, 0.29) is 17.4 Å². The number of nitrogens with zero attached hydrogens (tertiary/aromatic N) is 3. The molecule has 6 nitrogen and oxygen atoms in total. The minimum atomic E-state index is -0.574. The number of amides is 2. The molecule has 2 amide bonds. The van der Waals surface area contributed by atoms with Crippen LogP contribution in [-0.4, -0.2) is 39.5 Å². The van der Waals surface area contributed by atoms with Crippen molar-refractivity contribution in [3.05, 3.63) is 40.7 Å². The molecule has 3 rings (SSSR count). The van der Waals surface area contributed by atoms with Crippen LogP contribution < -0.4 is 5.32 Å². The van der Waals surface area contributed by atoms with Gasteiger partial charge >= 0.3 is 0 Å². The van der Waals surface area contributed by atoms with Gasteiger partial charge in [-0.1, -0.05) is 24.3 Å². The van der Waals surface area contributed by atoms with Crippen LogP contribution in [0, 0.1) is 5.82 Å². The van der Waals surface area contributed by atoms with Crippen LogP contribution in [0.3, 0.4) is 0 Å². The van der Waals surface area contributed by atoms with Gasteiger partial charge < -0.3 is 4.90 Å². The number of nitrogens with one attached hydrogen (secondary N) is 1. The molecule has 126 valence electrons. The van der Waals surface area contributed by atoms with Gasteiger partial charge in [-0.15, -0.1) is 10.2 Å². The molecular weight excluding hydrogens is 331 g/mol. The summed E-state index contributed by atoms with van der Waals surface area (Å²) in [5, 5.41) is 11.9. The van der Waals surface area contributed by atoms with E-state index >= 15 is 0 Å². The van der Waals surface area contributed by atoms with Gasteiger partial charge in [-0.05, 0) is 37.5 Å². The van der Waals surface area contributed by atoms with Crippen molar-refractivity contribution in [3.8, 4) is 0 Å². The Morgan fingerprint density at radius 1 is 1.42 bits per heavy atom. The van der Waals surface area contributed by atoms with Crippen LogP contribution >= 0.6 is 11.3 Å². The van der Waals surface area contributed by atoms with E-state index in [2.05, 4.69) is 15.5 Å². The quantitative estimate of drug-likeness (QED) is 0.921. The molecule has 1 aliphatic heterocycles. The number of carbonyl (C=O) groups is 2. The molecular formula is C16H17FN4O2S. The van der Waals surface area contributed by atoms with Crippen molar-refractivity contribution < 1.29 is 14.0 Å². The number of anilines is 1. The Bertz CT molecular complexity index is 764. The number of carbonyl (C=O) groups excluding carboxylic acids is 2. The van der Waals surface area contributed by atoms with Crippen LogP contribution in [0.5, 0.6) is 0 Å². The summed E-state index contributed by atoms with van der Waals surface area (Å²) in [5.74, 6) is -1.09. The molecule has 1 saturated heterocycles. The summed E-state index contributed by atoms with van der Waals surface area (Å²) in [4.78, 5) is 26.5. The lowest BCUT2D eigenvalue weighted by Crippen LogP contribution is -2.43. The van der Waals surface area contributed by atoms with E-state index in [1.807, 2.05) is 6.92 Å². The highest BCUT2D eigenvalue weighted by molar-refractivity contribution is 7.15. The van der Waals surface area contributed by atoms with Gasteiger partial charge in [0.05, 0.1) is 0 Å². The molecule has 0 aliphatic carbocycles. The Kier molecular flexibility index (Phi) is 4.84. The summed E-state index contributed by atoms with van der Waals surface area (Å²) in [7, 11) is 0. The first-order valence-corrected chi connectivity index (χ1v) is 8.60. The first kappa shape index (κ1) is 16.5. The largest absolute Gasteiger partial charge is 0.327 e. The molecule has 0 radical (unpaired) electrons. The third kappa shape index (κ3) is 3.43. The molecule has 1 atom stereocenters. The number of hydrogen-bond acceptors (Lipinski definition) is 5. The number of benzene rings is 1. The molecule has 1 aliphatic rings. The van der Waals surface area contributed by atoms with Crippen LogP contribution in [0.25, 0.3) is 0 Å². The van der Waals surface area contributed by atoms with Crippen molar-refractivity contribution in [2.75, 3.05) is 11.9 Å². The number of likely N-dealkylation sites (tertiary alicyclic amines) is 1. The van der Waals surface area contributed by atoms with Crippen molar-refractivity contribution in [2.24, 2.45) is 0 Å². The van der Waals surface area contributed by atoms with Crippen LogP contribution in [0.1, 0.15) is 35.1 Å². The summed E-state index contributed by atoms with van der Waals surface area (Å²) in [6.45, 7) is 2.44. The summed E-state index contributed by atoms with van der Waals surface area (Å²) < 4.78 is 13.3. The number of aryl methyl sites for hydroxylation is 1. The van der Waals surface area contributed by atoms with E-state index in [0.29, 0.717) is 18.1 Å². The van der Waals surface area contributed by atoms with Crippen LogP contribution in [0.2, 0.25) is 0 Å². The smallest absolute Gasteiger partial charge is 0.254 e. The molecule has 0 unspecified atom stereocenters. The van der Waals surface area contributed by atoms with E-state index in [1.54, 1.807) is 6.07 Å². The SMILES string of the molecule is CCc1nnc(NC(=O)[C@H]2CCCN2C(=O)c2cccc(F)c2)s1. The zero-order valence-electron chi connectivity index (χ0n) is 13.2. The van der Waals surface area contributed by atoms with E-state index in [4.69, 9.17) is 0 Å². The van der Waals surface area contributed by atoms with Gasteiger partial charge in [-0.3, -0.25) is 14.9 Å². The van der Waals surface area contributed by atoms with E-state index in [9.17, 15) is 14.0 Å². The third-order valence-electron chi connectivity index (χ3n) is 3.89. The van der Waals surface area contributed by atoms with Crippen molar-refractivity contribution in [3.63, 3.8) is 0 Å². The average Bonchev–Trinajstić information content (AvgIpc) is 3.23. The molecule has 0 bridgehead atoms. The second-order valence-electron chi connectivity index (χ2n) is 5.51. The summed E-state index contributed by atoms with van der Waals surface area (Å²) in [6.07, 6.45) is 2.06. The fourth-order valence-electron chi connectivity index (χ4n) is 2.71. The zero-order valence-corrected chi connectivity index (χ0v) is 14.0. The number of rotatable bonds is 4. The Hall–Kier alpha value is -2.35. The maximum Gasteiger partial charge on any atom is 0.254 e. The highest BCUT2D eigenvalue weighted by Gasteiger charge is 2.35. The van der Waals surface area contributed by atoms with Crippen molar-refractivity contribution in [1.29, 1.82) is 0 Å². The predicted octanol–water partition coefficient (Wildman–Crippen LogP) is 2.48. The molecule has 2 aromatic rings. The topological polar surface area (TPSA) is 75.2 Å². The lowest BCUT2D eigenvalue weighted by atomic mass is 10.1. The van der Waals surface area contributed by atoms with E-state index < -0.39 is 11.9 Å². The number of aromatic nitrogens is 2. The normalized spacial score (nSPS) is 17.1. The van der Waals surface area contributed by atoms with E-state index in [0.717, 1.165) is 17.8 Å². The van der Waals surface area contributed by atoms with Gasteiger partial charge in [0.25, 0.3) is 5.91 Å². The highest BCUT2D eigenvalue weighted by Crippen LogP contribution is 2.23. The van der Waals surface area contributed by atoms with Gasteiger partial charge in [0.2, 0.25) is 11.0 Å². The van der Waals surface area contributed by atoms with Gasteiger partial charge in [-0.25, -0.2) is 4.39 Å². The Labute approximate surface area is 142 Å². The minimum absolute atomic E-state index is 0.249. The van der Waals surface area contributed by atoms with Gasteiger partial charge in [-0.2, -0.15) is 0 Å². The van der Waals surface area contributed by atoms with Crippen molar-refractivity contribution >= 4 is 28.3 Å². The highest BCUT2D eigenvalue weighted by atomic mass is 32.1. The van der Waals surface area contributed by atoms with Crippen molar-refractivity contribution in [2.45, 2.75) is 32.2 Å². The van der Waals surface area contributed by atoms with Gasteiger partial charge in [0, 0.05) is 12.1 Å². The fraction of sp³-hybridized carbons (Fsp3) is 0.375. The standard InChI is InChI=1S/C16H17FN4O2S/c1-2-13-19-20-16(24-13)18-14(22)12-7-4-8-21(12)15(23)10-5-3-6-11(17)9-10/h3,5-6,9,12H,2,4,7-8H2,1H3,(H,18,20,22)/t12-/m1/s1. The lowest BCUT2D eigenvalue weighted by Gasteiger charge is -2.23. The molecule has 2 heterocycles. The van der Waals surface area contributed by atoms with E-state index in [1.165, 1.54) is 34.4 Å². The second-order valence-corrected chi connectivity index (χ2v) is 6.57. The summed E-state index contributed by atoms with van der Waals surface area (Å²) in [5.41, 5.74) is 0.249. The predicted molar refractivity (Wildman–Crippen MR) is 88.4 cm³/mol.